The maximum atomic E-state index is 5.63. The molecule has 1 aliphatic heterocycles. The topological polar surface area (TPSA) is 56.3 Å². The highest BCUT2D eigenvalue weighted by Crippen LogP contribution is 2.06. The molecular formula is C9H16N4O. The monoisotopic (exact) mass is 196 g/mol. The molecule has 78 valence electrons. The highest BCUT2D eigenvalue weighted by atomic mass is 16.5. The van der Waals surface area contributed by atoms with Crippen LogP contribution in [0.25, 0.3) is 0 Å². The van der Waals surface area contributed by atoms with Crippen molar-refractivity contribution in [2.24, 2.45) is 0 Å². The average Bonchev–Trinajstić information content (AvgIpc) is 2.51. The average molecular weight is 196 g/mol. The Bertz CT molecular complexity index is 299. The molecule has 1 atom stereocenters. The van der Waals surface area contributed by atoms with Crippen molar-refractivity contribution in [1.82, 2.24) is 14.5 Å². The number of nitrogens with two attached hydrogens (primary N) is 1. The van der Waals surface area contributed by atoms with Gasteiger partial charge in [-0.05, 0) is 7.05 Å². The summed E-state index contributed by atoms with van der Waals surface area (Å²) in [5.41, 5.74) is 5.53. The first-order valence-corrected chi connectivity index (χ1v) is 4.81. The molecule has 0 radical (unpaired) electrons. The van der Waals surface area contributed by atoms with Crippen LogP contribution in [0.15, 0.2) is 12.5 Å². The summed E-state index contributed by atoms with van der Waals surface area (Å²) in [4.78, 5) is 6.24. The number of morpholine rings is 1. The molecule has 1 aliphatic rings. The Labute approximate surface area is 83.5 Å². The number of aromatic nitrogens is 2. The number of ether oxygens (including phenoxy) is 1. The maximum absolute atomic E-state index is 5.63. The van der Waals surface area contributed by atoms with E-state index in [4.69, 9.17) is 10.5 Å². The fourth-order valence-electron chi connectivity index (χ4n) is 1.69. The van der Waals surface area contributed by atoms with Gasteiger partial charge >= 0.3 is 0 Å². The lowest BCUT2D eigenvalue weighted by atomic mass is 10.3. The molecule has 0 spiro atoms. The lowest BCUT2D eigenvalue weighted by Gasteiger charge is -2.30. The third-order valence-corrected chi connectivity index (χ3v) is 2.41. The Morgan fingerprint density at radius 3 is 3.21 bits per heavy atom. The molecule has 0 saturated carbocycles. The van der Waals surface area contributed by atoms with E-state index in [0.29, 0.717) is 5.82 Å². The van der Waals surface area contributed by atoms with Gasteiger partial charge in [0.2, 0.25) is 0 Å². The SMILES string of the molecule is CN1CCOC(Cn2cnc(N)c2)C1. The Morgan fingerprint density at radius 1 is 1.71 bits per heavy atom. The lowest BCUT2D eigenvalue weighted by molar-refractivity contribution is -0.0274. The zero-order chi connectivity index (χ0) is 9.97. The van der Waals surface area contributed by atoms with E-state index in [-0.39, 0.29) is 6.10 Å². The number of imidazole rings is 1. The van der Waals surface area contributed by atoms with Crippen molar-refractivity contribution in [3.8, 4) is 0 Å². The molecule has 5 nitrogen and oxygen atoms in total. The van der Waals surface area contributed by atoms with Crippen LogP contribution in [0.2, 0.25) is 0 Å². The van der Waals surface area contributed by atoms with E-state index in [1.807, 2.05) is 10.8 Å². The minimum absolute atomic E-state index is 0.252. The highest BCUT2D eigenvalue weighted by molar-refractivity contribution is 5.22. The summed E-state index contributed by atoms with van der Waals surface area (Å²) < 4.78 is 7.60. The van der Waals surface area contributed by atoms with Gasteiger partial charge in [0, 0.05) is 19.3 Å². The molecule has 0 bridgehead atoms. The van der Waals surface area contributed by atoms with Crippen LogP contribution >= 0.6 is 0 Å². The fraction of sp³-hybridized carbons (Fsp3) is 0.667. The quantitative estimate of drug-likeness (QED) is 0.711. The third-order valence-electron chi connectivity index (χ3n) is 2.41. The largest absolute Gasteiger partial charge is 0.382 e. The van der Waals surface area contributed by atoms with Gasteiger partial charge < -0.3 is 19.9 Å². The predicted molar refractivity (Wildman–Crippen MR) is 53.9 cm³/mol. The Morgan fingerprint density at radius 2 is 2.57 bits per heavy atom. The molecular weight excluding hydrogens is 180 g/mol. The van der Waals surface area contributed by atoms with E-state index in [2.05, 4.69) is 16.9 Å². The van der Waals surface area contributed by atoms with Gasteiger partial charge in [-0.3, -0.25) is 0 Å². The minimum Gasteiger partial charge on any atom is -0.382 e. The summed E-state index contributed by atoms with van der Waals surface area (Å²) in [6.45, 7) is 3.63. The van der Waals surface area contributed by atoms with Crippen LogP contribution in [0, 0.1) is 0 Å². The van der Waals surface area contributed by atoms with Crippen molar-refractivity contribution in [2.75, 3.05) is 32.5 Å². The smallest absolute Gasteiger partial charge is 0.141 e. The van der Waals surface area contributed by atoms with Gasteiger partial charge in [-0.1, -0.05) is 0 Å². The molecule has 2 rings (SSSR count). The summed E-state index contributed by atoms with van der Waals surface area (Å²) in [6, 6.07) is 0. The van der Waals surface area contributed by atoms with Crippen LogP contribution in [0.1, 0.15) is 0 Å². The van der Waals surface area contributed by atoms with Gasteiger partial charge in [0.1, 0.15) is 5.82 Å². The first kappa shape index (κ1) is 9.48. The first-order chi connectivity index (χ1) is 6.74. The Balaban J connectivity index is 1.90. The third kappa shape index (κ3) is 2.24. The number of hydrogen-bond acceptors (Lipinski definition) is 4. The normalized spacial score (nSPS) is 23.9. The van der Waals surface area contributed by atoms with Crippen LogP contribution < -0.4 is 5.73 Å². The minimum atomic E-state index is 0.252. The van der Waals surface area contributed by atoms with Crippen molar-refractivity contribution in [2.45, 2.75) is 12.6 Å². The molecule has 0 amide bonds. The second kappa shape index (κ2) is 3.98. The summed E-state index contributed by atoms with van der Waals surface area (Å²) >= 11 is 0. The van der Waals surface area contributed by atoms with Crippen molar-refractivity contribution in [3.63, 3.8) is 0 Å². The second-order valence-corrected chi connectivity index (χ2v) is 3.75. The van der Waals surface area contributed by atoms with E-state index in [1.54, 1.807) is 6.33 Å². The molecule has 0 aliphatic carbocycles. The van der Waals surface area contributed by atoms with Gasteiger partial charge in [-0.15, -0.1) is 0 Å². The molecule has 1 aromatic rings. The van der Waals surface area contributed by atoms with E-state index < -0.39 is 0 Å². The van der Waals surface area contributed by atoms with Crippen LogP contribution in [0.5, 0.6) is 0 Å². The number of nitrogens with zero attached hydrogens (tertiary/aromatic N) is 3. The summed E-state index contributed by atoms with van der Waals surface area (Å²) in [5.74, 6) is 0.564. The summed E-state index contributed by atoms with van der Waals surface area (Å²) in [6.07, 6.45) is 3.83. The number of anilines is 1. The van der Waals surface area contributed by atoms with Crippen LogP contribution in [-0.4, -0.2) is 47.3 Å². The predicted octanol–water partition coefficient (Wildman–Crippen LogP) is -0.204. The fourth-order valence-corrected chi connectivity index (χ4v) is 1.69. The van der Waals surface area contributed by atoms with Crippen molar-refractivity contribution < 1.29 is 4.74 Å². The molecule has 1 fully saturated rings. The van der Waals surface area contributed by atoms with Gasteiger partial charge in [0.15, 0.2) is 0 Å². The molecule has 1 aromatic heterocycles. The molecule has 1 saturated heterocycles. The molecule has 2 N–H and O–H groups in total. The number of likely N-dealkylation sites (N-methyl/N-ethyl adjacent to an activating group) is 1. The Kier molecular flexibility index (Phi) is 2.69. The molecule has 0 aromatic carbocycles. The van der Waals surface area contributed by atoms with Crippen LogP contribution in [0.3, 0.4) is 0 Å². The zero-order valence-corrected chi connectivity index (χ0v) is 8.39. The zero-order valence-electron chi connectivity index (χ0n) is 8.39. The van der Waals surface area contributed by atoms with E-state index in [1.165, 1.54) is 0 Å². The lowest BCUT2D eigenvalue weighted by Crippen LogP contribution is -2.41. The van der Waals surface area contributed by atoms with Crippen molar-refractivity contribution in [1.29, 1.82) is 0 Å². The molecule has 1 unspecified atom stereocenters. The summed E-state index contributed by atoms with van der Waals surface area (Å²) in [5, 5.41) is 0. The van der Waals surface area contributed by atoms with E-state index >= 15 is 0 Å². The molecule has 2 heterocycles. The second-order valence-electron chi connectivity index (χ2n) is 3.75. The van der Waals surface area contributed by atoms with Gasteiger partial charge in [0.25, 0.3) is 0 Å². The van der Waals surface area contributed by atoms with Gasteiger partial charge in [-0.2, -0.15) is 0 Å². The van der Waals surface area contributed by atoms with Gasteiger partial charge in [0.05, 0.1) is 25.6 Å². The number of rotatable bonds is 2. The van der Waals surface area contributed by atoms with Gasteiger partial charge in [-0.25, -0.2) is 4.98 Å². The summed E-state index contributed by atoms with van der Waals surface area (Å²) in [7, 11) is 2.11. The van der Waals surface area contributed by atoms with Crippen LogP contribution in [-0.2, 0) is 11.3 Å². The number of nitrogen functional groups attached to an aromatic ring is 1. The van der Waals surface area contributed by atoms with E-state index in [9.17, 15) is 0 Å². The molecule has 14 heavy (non-hydrogen) atoms. The highest BCUT2D eigenvalue weighted by Gasteiger charge is 2.17. The van der Waals surface area contributed by atoms with Crippen molar-refractivity contribution >= 4 is 5.82 Å². The first-order valence-electron chi connectivity index (χ1n) is 4.81. The Hall–Kier alpha value is -1.07. The maximum Gasteiger partial charge on any atom is 0.141 e. The van der Waals surface area contributed by atoms with Crippen LogP contribution in [0.4, 0.5) is 5.82 Å². The van der Waals surface area contributed by atoms with Crippen molar-refractivity contribution in [3.05, 3.63) is 12.5 Å². The van der Waals surface area contributed by atoms with E-state index in [0.717, 1.165) is 26.2 Å². The molecule has 5 heteroatoms. The standard InChI is InChI=1S/C9H16N4O/c1-12-2-3-14-8(4-12)5-13-6-9(10)11-7-13/h6-8H,2-5,10H2,1H3. The number of hydrogen-bond donors (Lipinski definition) is 1.